The molecule has 0 fully saturated rings. The molecule has 0 unspecified atom stereocenters. The van der Waals surface area contributed by atoms with E-state index < -0.39 is 5.97 Å². The maximum atomic E-state index is 11.8. The van der Waals surface area contributed by atoms with Crippen molar-refractivity contribution in [2.24, 2.45) is 0 Å². The van der Waals surface area contributed by atoms with E-state index in [0.29, 0.717) is 11.3 Å². The first-order valence-electron chi connectivity index (χ1n) is 6.71. The summed E-state index contributed by atoms with van der Waals surface area (Å²) in [5, 5.41) is 3.45. The number of nitrogen functional groups attached to an aromatic ring is 1. The van der Waals surface area contributed by atoms with Crippen LogP contribution in [0.25, 0.3) is 11.0 Å². The first-order chi connectivity index (χ1) is 9.95. The lowest BCUT2D eigenvalue weighted by molar-refractivity contribution is -0.122. The van der Waals surface area contributed by atoms with Gasteiger partial charge < -0.3 is 20.2 Å². The van der Waals surface area contributed by atoms with Crippen LogP contribution in [0.1, 0.15) is 30.8 Å². The lowest BCUT2D eigenvalue weighted by atomic mass is 10.2. The molecule has 0 bridgehead atoms. The Bertz CT molecular complexity index is 661. The summed E-state index contributed by atoms with van der Waals surface area (Å²) < 4.78 is 10.4. The number of ether oxygens (including phenoxy) is 1. The van der Waals surface area contributed by atoms with Crippen molar-refractivity contribution in [1.82, 2.24) is 5.32 Å². The second-order valence-corrected chi connectivity index (χ2v) is 5.02. The zero-order valence-corrected chi connectivity index (χ0v) is 12.0. The monoisotopic (exact) mass is 290 g/mol. The Morgan fingerprint density at radius 2 is 2.10 bits per heavy atom. The molecule has 0 saturated heterocycles. The van der Waals surface area contributed by atoms with Gasteiger partial charge in [0.05, 0.1) is 6.42 Å². The third-order valence-electron chi connectivity index (χ3n) is 2.75. The summed E-state index contributed by atoms with van der Waals surface area (Å²) in [6.45, 7) is 3.74. The molecular weight excluding hydrogens is 272 g/mol. The Labute approximate surface area is 122 Å². The summed E-state index contributed by atoms with van der Waals surface area (Å²) in [7, 11) is 0. The highest BCUT2D eigenvalue weighted by Gasteiger charge is 2.14. The van der Waals surface area contributed by atoms with Crippen molar-refractivity contribution in [3.05, 3.63) is 30.0 Å². The number of furan rings is 1. The lowest BCUT2D eigenvalue weighted by Crippen LogP contribution is -2.30. The number of anilines is 1. The van der Waals surface area contributed by atoms with Gasteiger partial charge in [-0.05, 0) is 38.1 Å². The number of carbonyl (C=O) groups excluding carboxylic acids is 2. The Morgan fingerprint density at radius 1 is 1.33 bits per heavy atom. The third kappa shape index (κ3) is 3.98. The Balaban J connectivity index is 1.91. The largest absolute Gasteiger partial charge is 0.459 e. The highest BCUT2D eigenvalue weighted by Crippen LogP contribution is 2.22. The number of amides is 1. The van der Waals surface area contributed by atoms with Crippen LogP contribution in [0.5, 0.6) is 0 Å². The molecule has 112 valence electrons. The molecule has 0 aliphatic heterocycles. The van der Waals surface area contributed by atoms with Crippen molar-refractivity contribution in [2.75, 3.05) is 12.3 Å². The second kappa shape index (κ2) is 6.30. The van der Waals surface area contributed by atoms with Crippen molar-refractivity contribution in [3.63, 3.8) is 0 Å². The van der Waals surface area contributed by atoms with Gasteiger partial charge in [-0.15, -0.1) is 0 Å². The predicted molar refractivity (Wildman–Crippen MR) is 78.8 cm³/mol. The van der Waals surface area contributed by atoms with E-state index in [0.717, 1.165) is 5.39 Å². The second-order valence-electron chi connectivity index (χ2n) is 5.02. The van der Waals surface area contributed by atoms with Crippen LogP contribution in [-0.4, -0.2) is 24.5 Å². The average Bonchev–Trinajstić information content (AvgIpc) is 2.80. The molecule has 1 amide bonds. The Kier molecular flexibility index (Phi) is 4.47. The maximum Gasteiger partial charge on any atom is 0.374 e. The minimum absolute atomic E-state index is 0.0105. The highest BCUT2D eigenvalue weighted by molar-refractivity contribution is 5.93. The first kappa shape index (κ1) is 14.9. The molecule has 1 heterocycles. The van der Waals surface area contributed by atoms with Crippen LogP contribution in [-0.2, 0) is 9.53 Å². The fourth-order valence-electron chi connectivity index (χ4n) is 1.86. The van der Waals surface area contributed by atoms with Crippen LogP contribution in [0.4, 0.5) is 5.69 Å². The van der Waals surface area contributed by atoms with Crippen LogP contribution in [0.15, 0.2) is 28.7 Å². The van der Waals surface area contributed by atoms with Crippen LogP contribution < -0.4 is 11.1 Å². The number of carbonyl (C=O) groups is 2. The van der Waals surface area contributed by atoms with Crippen LogP contribution >= 0.6 is 0 Å². The van der Waals surface area contributed by atoms with Crippen LogP contribution in [0.3, 0.4) is 0 Å². The number of nitrogens with two attached hydrogens (primary N) is 1. The normalized spacial score (nSPS) is 10.8. The Morgan fingerprint density at radius 3 is 2.81 bits per heavy atom. The van der Waals surface area contributed by atoms with E-state index in [1.54, 1.807) is 24.3 Å². The molecule has 21 heavy (non-hydrogen) atoms. The molecule has 0 aliphatic carbocycles. The van der Waals surface area contributed by atoms with Gasteiger partial charge in [0.2, 0.25) is 11.7 Å². The van der Waals surface area contributed by atoms with Crippen molar-refractivity contribution in [2.45, 2.75) is 26.3 Å². The molecule has 1 aromatic carbocycles. The number of nitrogens with one attached hydrogen (secondary N) is 1. The van der Waals surface area contributed by atoms with E-state index in [9.17, 15) is 9.59 Å². The first-order valence-corrected chi connectivity index (χ1v) is 6.71. The quantitative estimate of drug-likeness (QED) is 0.649. The number of benzene rings is 1. The molecule has 2 rings (SSSR count). The number of fused-ring (bicyclic) bond motifs is 1. The summed E-state index contributed by atoms with van der Waals surface area (Å²) in [6, 6.07) is 6.73. The fourth-order valence-corrected chi connectivity index (χ4v) is 1.86. The Hall–Kier alpha value is -2.50. The molecule has 0 radical (unpaired) electrons. The third-order valence-corrected chi connectivity index (χ3v) is 2.75. The summed E-state index contributed by atoms with van der Waals surface area (Å²) in [5.74, 6) is -0.655. The zero-order chi connectivity index (χ0) is 15.4. The fraction of sp³-hybridized carbons (Fsp3) is 0.333. The standard InChI is InChI=1S/C15H18N2O4/c1-9(2)17-14(18)5-6-20-15(19)13-8-10-7-11(16)3-4-12(10)21-13/h3-4,7-9H,5-6,16H2,1-2H3,(H,17,18). The molecule has 0 saturated carbocycles. The summed E-state index contributed by atoms with van der Waals surface area (Å²) >= 11 is 0. The van der Waals surface area contributed by atoms with E-state index in [1.807, 2.05) is 13.8 Å². The van der Waals surface area contributed by atoms with Gasteiger partial charge in [-0.2, -0.15) is 0 Å². The van der Waals surface area contributed by atoms with Gasteiger partial charge in [0, 0.05) is 17.1 Å². The number of esters is 1. The summed E-state index contributed by atoms with van der Waals surface area (Å²) in [6.07, 6.45) is 0.122. The van der Waals surface area contributed by atoms with Gasteiger partial charge in [0.15, 0.2) is 0 Å². The summed E-state index contributed by atoms with van der Waals surface area (Å²) in [5.41, 5.74) is 6.82. The highest BCUT2D eigenvalue weighted by atomic mass is 16.5. The van der Waals surface area contributed by atoms with Crippen LogP contribution in [0.2, 0.25) is 0 Å². The topological polar surface area (TPSA) is 94.6 Å². The molecule has 0 aliphatic rings. The molecule has 3 N–H and O–H groups in total. The predicted octanol–water partition coefficient (Wildman–Crippen LogP) is 2.09. The molecule has 2 aromatic rings. The van der Waals surface area contributed by atoms with E-state index in [4.69, 9.17) is 14.9 Å². The van der Waals surface area contributed by atoms with E-state index in [2.05, 4.69) is 5.32 Å². The number of hydrogen-bond acceptors (Lipinski definition) is 5. The van der Waals surface area contributed by atoms with E-state index in [-0.39, 0.29) is 30.7 Å². The maximum absolute atomic E-state index is 11.8. The van der Waals surface area contributed by atoms with Crippen molar-refractivity contribution < 1.29 is 18.7 Å². The van der Waals surface area contributed by atoms with Crippen molar-refractivity contribution in [1.29, 1.82) is 0 Å². The number of hydrogen-bond donors (Lipinski definition) is 2. The van der Waals surface area contributed by atoms with Gasteiger partial charge >= 0.3 is 5.97 Å². The summed E-state index contributed by atoms with van der Waals surface area (Å²) in [4.78, 5) is 23.2. The average molecular weight is 290 g/mol. The molecule has 6 nitrogen and oxygen atoms in total. The molecule has 0 spiro atoms. The zero-order valence-electron chi connectivity index (χ0n) is 12.0. The molecular formula is C15H18N2O4. The van der Waals surface area contributed by atoms with Gasteiger partial charge in [-0.3, -0.25) is 4.79 Å². The van der Waals surface area contributed by atoms with Gasteiger partial charge in [0.25, 0.3) is 0 Å². The van der Waals surface area contributed by atoms with Crippen molar-refractivity contribution in [3.8, 4) is 0 Å². The smallest absolute Gasteiger partial charge is 0.374 e. The minimum Gasteiger partial charge on any atom is -0.459 e. The van der Waals surface area contributed by atoms with Gasteiger partial charge in [-0.25, -0.2) is 4.79 Å². The SMILES string of the molecule is CC(C)NC(=O)CCOC(=O)c1cc2cc(N)ccc2o1. The molecule has 6 heteroatoms. The van der Waals surface area contributed by atoms with E-state index >= 15 is 0 Å². The molecule has 1 aromatic heterocycles. The number of rotatable bonds is 5. The van der Waals surface area contributed by atoms with E-state index in [1.165, 1.54) is 0 Å². The molecule has 0 atom stereocenters. The minimum atomic E-state index is -0.595. The van der Waals surface area contributed by atoms with Crippen LogP contribution in [0, 0.1) is 0 Å². The van der Waals surface area contributed by atoms with Gasteiger partial charge in [0.1, 0.15) is 12.2 Å². The van der Waals surface area contributed by atoms with Gasteiger partial charge in [-0.1, -0.05) is 0 Å². The lowest BCUT2D eigenvalue weighted by Gasteiger charge is -2.07. The van der Waals surface area contributed by atoms with Crippen molar-refractivity contribution >= 4 is 28.5 Å².